The van der Waals surface area contributed by atoms with E-state index in [0.717, 1.165) is 26.7 Å². The second-order valence-corrected chi connectivity index (χ2v) is 6.52. The summed E-state index contributed by atoms with van der Waals surface area (Å²) in [6.45, 7) is 6.27. The van der Waals surface area contributed by atoms with Gasteiger partial charge in [0.2, 0.25) is 5.54 Å². The molecule has 0 saturated heterocycles. The Labute approximate surface area is 138 Å². The fourth-order valence-electron chi connectivity index (χ4n) is 2.03. The van der Waals surface area contributed by atoms with Gasteiger partial charge in [0.1, 0.15) is 7.05 Å². The van der Waals surface area contributed by atoms with Crippen LogP contribution in [0.5, 0.6) is 0 Å². The monoisotopic (exact) mass is 407 g/mol. The first-order chi connectivity index (χ1) is 8.34. The first kappa shape index (κ1) is 16.7. The van der Waals surface area contributed by atoms with Crippen LogP contribution in [0, 0.1) is 0 Å². The third-order valence-electron chi connectivity index (χ3n) is 3.30. The Morgan fingerprint density at radius 3 is 2.21 bits per heavy atom. The van der Waals surface area contributed by atoms with Crippen molar-refractivity contribution in [1.82, 2.24) is 0 Å². The number of allylic oxidation sites excluding steroid dienone is 1. The van der Waals surface area contributed by atoms with Crippen LogP contribution in [-0.4, -0.2) is 23.1 Å². The molecule has 1 aliphatic rings. The predicted molar refractivity (Wildman–Crippen MR) is 78.5 cm³/mol. The van der Waals surface area contributed by atoms with E-state index in [0.29, 0.717) is 0 Å². The van der Waals surface area contributed by atoms with Crippen molar-refractivity contribution in [3.63, 3.8) is 0 Å². The van der Waals surface area contributed by atoms with Crippen molar-refractivity contribution < 1.29 is 26.3 Å². The summed E-state index contributed by atoms with van der Waals surface area (Å²) in [5.41, 5.74) is 0.862. The maximum Gasteiger partial charge on any atom is 0.375 e. The molecule has 0 bridgehead atoms. The third-order valence-corrected chi connectivity index (χ3v) is 3.91. The van der Waals surface area contributed by atoms with E-state index in [1.807, 2.05) is 38.2 Å². The summed E-state index contributed by atoms with van der Waals surface area (Å²) in [5.74, 6) is 1.79. The Hall–Kier alpha value is -0.320. The summed E-state index contributed by atoms with van der Waals surface area (Å²) in [4.78, 5) is 0. The van der Waals surface area contributed by atoms with E-state index in [9.17, 15) is 0 Å². The average molecular weight is 410 g/mol. The van der Waals surface area contributed by atoms with Gasteiger partial charge in [0.05, 0.1) is 5.56 Å². The lowest BCUT2D eigenvalue weighted by Crippen LogP contribution is -3.00. The zero-order chi connectivity index (χ0) is 13.5. The maximum absolute atomic E-state index is 6.01. The van der Waals surface area contributed by atoms with Crippen LogP contribution < -0.4 is 17.0 Å². The maximum atomic E-state index is 6.01. The van der Waals surface area contributed by atoms with E-state index in [4.69, 9.17) is 16.3 Å². The lowest BCUT2D eigenvalue weighted by molar-refractivity contribution is -0.556. The lowest BCUT2D eigenvalue weighted by Gasteiger charge is -2.13. The molecule has 0 radical (unpaired) electrons. The van der Waals surface area contributed by atoms with Crippen molar-refractivity contribution >= 4 is 33.4 Å². The van der Waals surface area contributed by atoms with Crippen LogP contribution in [0.3, 0.4) is 0 Å². The van der Waals surface area contributed by atoms with Gasteiger partial charge >= 0.3 is 5.90 Å². The Balaban J connectivity index is 0.00000180. The highest BCUT2D eigenvalue weighted by Gasteiger charge is 2.46. The number of benzene rings is 1. The molecule has 0 aliphatic carbocycles. The van der Waals surface area contributed by atoms with E-state index in [-0.39, 0.29) is 22.5 Å². The Kier molecular flexibility index (Phi) is 5.27. The predicted octanol–water partition coefficient (Wildman–Crippen LogP) is 1.17. The van der Waals surface area contributed by atoms with Crippen LogP contribution >= 0.6 is 27.5 Å². The number of rotatable bonds is 1. The van der Waals surface area contributed by atoms with Crippen LogP contribution in [-0.2, 0) is 4.74 Å². The number of halogens is 3. The number of ether oxygens (including phenoxy) is 1. The summed E-state index contributed by atoms with van der Waals surface area (Å²) in [6, 6.07) is 7.68. The summed E-state index contributed by atoms with van der Waals surface area (Å²) < 4.78 is 9.16. The van der Waals surface area contributed by atoms with Crippen LogP contribution in [0.15, 0.2) is 34.5 Å². The second-order valence-electron chi connectivity index (χ2n) is 4.89. The smallest absolute Gasteiger partial charge is 0.375 e. The summed E-state index contributed by atoms with van der Waals surface area (Å²) in [5, 5.41) is 0.728. The molecule has 1 aliphatic heterocycles. The van der Waals surface area contributed by atoms with Gasteiger partial charge in [0.25, 0.3) is 0 Å². The summed E-state index contributed by atoms with van der Waals surface area (Å²) in [6.07, 6.45) is 0. The molecule has 1 heterocycles. The van der Waals surface area contributed by atoms with Crippen LogP contribution in [0.1, 0.15) is 26.3 Å². The zero-order valence-corrected chi connectivity index (χ0v) is 15.2. The molecule has 0 N–H and O–H groups in total. The van der Waals surface area contributed by atoms with Crippen molar-refractivity contribution in [2.45, 2.75) is 26.3 Å². The molecule has 0 fully saturated rings. The molecule has 0 unspecified atom stereocenters. The molecule has 2 nitrogen and oxygen atoms in total. The fourth-order valence-corrected chi connectivity index (χ4v) is 2.73. The van der Waals surface area contributed by atoms with Crippen LogP contribution in [0.2, 0.25) is 5.02 Å². The van der Waals surface area contributed by atoms with Crippen molar-refractivity contribution in [2.24, 2.45) is 0 Å². The van der Waals surface area contributed by atoms with Crippen LogP contribution in [0.25, 0.3) is 0 Å². The van der Waals surface area contributed by atoms with E-state index >= 15 is 0 Å². The van der Waals surface area contributed by atoms with Crippen molar-refractivity contribution in [3.05, 3.63) is 45.1 Å². The van der Waals surface area contributed by atoms with Gasteiger partial charge in [-0.15, -0.1) is 0 Å². The molecule has 0 saturated carbocycles. The first-order valence-corrected chi connectivity index (χ1v) is 6.92. The quantitative estimate of drug-likeness (QED) is 0.635. The van der Waals surface area contributed by atoms with Gasteiger partial charge < -0.3 is 21.7 Å². The number of hydrogen-bond donors (Lipinski definition) is 0. The van der Waals surface area contributed by atoms with Crippen molar-refractivity contribution in [3.8, 4) is 0 Å². The molecule has 0 atom stereocenters. The molecule has 1 aromatic rings. The number of nitrogens with zero attached hydrogens (tertiary/aromatic N) is 1. The normalized spacial score (nSPS) is 19.9. The molecule has 0 aromatic heterocycles. The average Bonchev–Trinajstić information content (AvgIpc) is 2.53. The Morgan fingerprint density at radius 2 is 1.79 bits per heavy atom. The Bertz CT molecular complexity index is 543. The van der Waals surface area contributed by atoms with Gasteiger partial charge in [0.15, 0.2) is 5.76 Å². The number of hydrogen-bond acceptors (Lipinski definition) is 1. The van der Waals surface area contributed by atoms with Gasteiger partial charge in [-0.2, -0.15) is 4.58 Å². The minimum Gasteiger partial charge on any atom is -1.00 e. The molecule has 1 aromatic carbocycles. The highest BCUT2D eigenvalue weighted by molar-refractivity contribution is 9.11. The third kappa shape index (κ3) is 3.06. The Morgan fingerprint density at radius 1 is 1.26 bits per heavy atom. The second kappa shape index (κ2) is 5.98. The highest BCUT2D eigenvalue weighted by Crippen LogP contribution is 2.33. The fraction of sp³-hybridized carbons (Fsp3) is 0.357. The van der Waals surface area contributed by atoms with Crippen molar-refractivity contribution in [1.29, 1.82) is 0 Å². The summed E-state index contributed by atoms with van der Waals surface area (Å²) in [7, 11) is 2.03. The zero-order valence-electron chi connectivity index (χ0n) is 11.3. The van der Waals surface area contributed by atoms with Gasteiger partial charge in [-0.3, -0.25) is 0 Å². The van der Waals surface area contributed by atoms with Crippen molar-refractivity contribution in [2.75, 3.05) is 7.05 Å². The molecule has 19 heavy (non-hydrogen) atoms. The van der Waals surface area contributed by atoms with E-state index in [1.54, 1.807) is 0 Å². The lowest BCUT2D eigenvalue weighted by atomic mass is 10.0. The van der Waals surface area contributed by atoms with Crippen LogP contribution in [0.4, 0.5) is 0 Å². The topological polar surface area (TPSA) is 12.2 Å². The first-order valence-electron chi connectivity index (χ1n) is 5.75. The SMILES string of the molecule is CC(Br)=C1OC(c2ccc(Cl)cc2)=[N+](C)C1(C)C.[Br-]. The standard InChI is InChI=1S/C14H16BrClNO.BrH/c1-9(15)12-14(2,3)17(4)13(18-12)10-5-7-11(16)8-6-10;/h5-8H,1-4H3;1H/q+1;/p-1. The van der Waals surface area contributed by atoms with Gasteiger partial charge in [-0.25, -0.2) is 0 Å². The van der Waals surface area contributed by atoms with E-state index in [2.05, 4.69) is 34.4 Å². The number of likely N-dealkylation sites (N-methyl/N-ethyl adjacent to an activating group) is 1. The molecule has 0 spiro atoms. The summed E-state index contributed by atoms with van der Waals surface area (Å²) >= 11 is 9.42. The minimum absolute atomic E-state index is 0. The molecule has 2 rings (SSSR count). The molecule has 104 valence electrons. The van der Waals surface area contributed by atoms with E-state index in [1.165, 1.54) is 0 Å². The largest absolute Gasteiger partial charge is 1.00 e. The van der Waals surface area contributed by atoms with Gasteiger partial charge in [-0.05, 0) is 31.2 Å². The molecular formula is C14H16Br2ClNO. The molecular weight excluding hydrogens is 393 g/mol. The molecule has 0 amide bonds. The van der Waals surface area contributed by atoms with Gasteiger partial charge in [-0.1, -0.05) is 27.5 Å². The molecule has 5 heteroatoms. The highest BCUT2D eigenvalue weighted by atomic mass is 79.9. The van der Waals surface area contributed by atoms with E-state index < -0.39 is 0 Å². The minimum atomic E-state index is -0.164. The van der Waals surface area contributed by atoms with Gasteiger partial charge in [0, 0.05) is 23.4 Å².